The summed E-state index contributed by atoms with van der Waals surface area (Å²) in [6.45, 7) is 2.86. The molecule has 0 N–H and O–H groups in total. The van der Waals surface area contributed by atoms with Crippen LogP contribution in [-0.2, 0) is 6.42 Å². The minimum atomic E-state index is -0.258. The number of aryl methyl sites for hydroxylation is 1. The van der Waals surface area contributed by atoms with E-state index < -0.39 is 0 Å². The fraction of sp³-hybridized carbons (Fsp3) is 0.625. The van der Waals surface area contributed by atoms with Crippen LogP contribution in [0.4, 0.5) is 4.39 Å². The second-order valence-corrected chi connectivity index (χ2v) is 10.4. The fourth-order valence-electron chi connectivity index (χ4n) is 5.28. The third kappa shape index (κ3) is 9.80. The quantitative estimate of drug-likeness (QED) is 0.224. The molecule has 1 nitrogen and oxygen atoms in total. The molecule has 0 unspecified atom stereocenters. The van der Waals surface area contributed by atoms with Crippen LogP contribution in [0.2, 0.25) is 0 Å². The SMILES string of the molecule is CCCCCCCCCCCCOc1ccc(-c2ccc(CCC3CCCCC3)cc2)cc1F. The molecular weight excluding hydrogens is 419 g/mol. The molecule has 1 saturated carbocycles. The van der Waals surface area contributed by atoms with Gasteiger partial charge in [0.2, 0.25) is 0 Å². The Kier molecular flexibility index (Phi) is 12.6. The van der Waals surface area contributed by atoms with Gasteiger partial charge in [0.25, 0.3) is 0 Å². The first kappa shape index (κ1) is 26.8. The largest absolute Gasteiger partial charge is 0.491 e. The summed E-state index contributed by atoms with van der Waals surface area (Å²) >= 11 is 0. The normalized spacial score (nSPS) is 14.4. The molecule has 0 spiro atoms. The third-order valence-electron chi connectivity index (χ3n) is 7.54. The molecule has 0 atom stereocenters. The van der Waals surface area contributed by atoms with Crippen molar-refractivity contribution in [3.8, 4) is 16.9 Å². The van der Waals surface area contributed by atoms with Crippen molar-refractivity contribution in [2.75, 3.05) is 6.61 Å². The smallest absolute Gasteiger partial charge is 0.165 e. The highest BCUT2D eigenvalue weighted by molar-refractivity contribution is 5.64. The van der Waals surface area contributed by atoms with E-state index in [2.05, 4.69) is 31.2 Å². The summed E-state index contributed by atoms with van der Waals surface area (Å²) in [6, 6.07) is 14.1. The molecule has 2 aromatic rings. The van der Waals surface area contributed by atoms with Crippen molar-refractivity contribution in [1.29, 1.82) is 0 Å². The highest BCUT2D eigenvalue weighted by Gasteiger charge is 2.13. The molecular formula is C32H47FO. The van der Waals surface area contributed by atoms with E-state index in [1.165, 1.54) is 102 Å². The van der Waals surface area contributed by atoms with Gasteiger partial charge in [-0.15, -0.1) is 0 Å². The van der Waals surface area contributed by atoms with Gasteiger partial charge in [0.05, 0.1) is 6.61 Å². The lowest BCUT2D eigenvalue weighted by Gasteiger charge is -2.21. The van der Waals surface area contributed by atoms with Crippen molar-refractivity contribution in [2.24, 2.45) is 5.92 Å². The fourth-order valence-corrected chi connectivity index (χ4v) is 5.28. The van der Waals surface area contributed by atoms with Crippen molar-refractivity contribution in [3.63, 3.8) is 0 Å². The molecule has 0 amide bonds. The van der Waals surface area contributed by atoms with Gasteiger partial charge in [0.15, 0.2) is 11.6 Å². The van der Waals surface area contributed by atoms with Crippen LogP contribution in [-0.4, -0.2) is 6.61 Å². The van der Waals surface area contributed by atoms with Crippen LogP contribution in [0.1, 0.15) is 115 Å². The predicted molar refractivity (Wildman–Crippen MR) is 144 cm³/mol. The van der Waals surface area contributed by atoms with Crippen LogP contribution in [0, 0.1) is 11.7 Å². The maximum atomic E-state index is 14.6. The van der Waals surface area contributed by atoms with Crippen molar-refractivity contribution in [1.82, 2.24) is 0 Å². The van der Waals surface area contributed by atoms with E-state index in [0.717, 1.165) is 29.9 Å². The monoisotopic (exact) mass is 466 g/mol. The molecule has 1 fully saturated rings. The lowest BCUT2D eigenvalue weighted by Crippen LogP contribution is -2.07. The van der Waals surface area contributed by atoms with Crippen LogP contribution < -0.4 is 4.74 Å². The van der Waals surface area contributed by atoms with Gasteiger partial charge >= 0.3 is 0 Å². The maximum absolute atomic E-state index is 14.6. The molecule has 2 aromatic carbocycles. The van der Waals surface area contributed by atoms with E-state index in [9.17, 15) is 4.39 Å². The lowest BCUT2D eigenvalue weighted by atomic mass is 9.85. The van der Waals surface area contributed by atoms with Gasteiger partial charge in [-0.3, -0.25) is 0 Å². The standard InChI is InChI=1S/C32H47FO/c1-2-3-4-5-6-7-8-9-10-14-25-34-32-24-23-30(26-31(32)33)29-21-19-28(20-22-29)18-17-27-15-12-11-13-16-27/h19-24,26-27H,2-18,25H2,1H3. The molecule has 0 bridgehead atoms. The Bertz CT molecular complexity index is 791. The van der Waals surface area contributed by atoms with Crippen molar-refractivity contribution >= 4 is 0 Å². The number of unbranched alkanes of at least 4 members (excludes halogenated alkanes) is 9. The van der Waals surface area contributed by atoms with Crippen molar-refractivity contribution < 1.29 is 9.13 Å². The van der Waals surface area contributed by atoms with Gasteiger partial charge in [-0.2, -0.15) is 0 Å². The first-order valence-electron chi connectivity index (χ1n) is 14.3. The number of benzene rings is 2. The van der Waals surface area contributed by atoms with E-state index >= 15 is 0 Å². The van der Waals surface area contributed by atoms with Gasteiger partial charge in [-0.1, -0.05) is 127 Å². The average Bonchev–Trinajstić information content (AvgIpc) is 2.88. The molecule has 1 aliphatic carbocycles. The topological polar surface area (TPSA) is 9.23 Å². The molecule has 188 valence electrons. The Morgan fingerprint density at radius 3 is 2.00 bits per heavy atom. The van der Waals surface area contributed by atoms with E-state index in [0.29, 0.717) is 12.4 Å². The van der Waals surface area contributed by atoms with Gasteiger partial charge in [0, 0.05) is 0 Å². The average molecular weight is 467 g/mol. The number of halogens is 1. The van der Waals surface area contributed by atoms with Gasteiger partial charge < -0.3 is 4.74 Å². The molecule has 2 heteroatoms. The summed E-state index contributed by atoms with van der Waals surface area (Å²) in [7, 11) is 0. The summed E-state index contributed by atoms with van der Waals surface area (Å²) < 4.78 is 20.4. The van der Waals surface area contributed by atoms with Gasteiger partial charge in [0.1, 0.15) is 0 Å². The Hall–Kier alpha value is -1.83. The summed E-state index contributed by atoms with van der Waals surface area (Å²) in [5, 5.41) is 0. The van der Waals surface area contributed by atoms with Crippen LogP contribution >= 0.6 is 0 Å². The van der Waals surface area contributed by atoms with E-state index in [-0.39, 0.29) is 5.82 Å². The highest BCUT2D eigenvalue weighted by atomic mass is 19.1. The zero-order chi connectivity index (χ0) is 23.8. The second kappa shape index (κ2) is 16.0. The molecule has 0 radical (unpaired) electrons. The Morgan fingerprint density at radius 2 is 1.35 bits per heavy atom. The maximum Gasteiger partial charge on any atom is 0.165 e. The Morgan fingerprint density at radius 1 is 0.735 bits per heavy atom. The Labute approximate surface area is 208 Å². The molecule has 0 aromatic heterocycles. The molecule has 34 heavy (non-hydrogen) atoms. The minimum Gasteiger partial charge on any atom is -0.491 e. The Balaban J connectivity index is 1.33. The summed E-state index contributed by atoms with van der Waals surface area (Å²) in [4.78, 5) is 0. The molecule has 0 aliphatic heterocycles. The van der Waals surface area contributed by atoms with Gasteiger partial charge in [-0.25, -0.2) is 4.39 Å². The molecule has 0 heterocycles. The second-order valence-electron chi connectivity index (χ2n) is 10.4. The summed E-state index contributed by atoms with van der Waals surface area (Å²) in [5.41, 5.74) is 3.38. The van der Waals surface area contributed by atoms with Crippen LogP contribution in [0.15, 0.2) is 42.5 Å². The zero-order valence-electron chi connectivity index (χ0n) is 21.6. The zero-order valence-corrected chi connectivity index (χ0v) is 21.6. The molecule has 0 saturated heterocycles. The first-order valence-corrected chi connectivity index (χ1v) is 14.3. The van der Waals surface area contributed by atoms with Crippen LogP contribution in [0.5, 0.6) is 5.75 Å². The molecule has 3 rings (SSSR count). The van der Waals surface area contributed by atoms with Gasteiger partial charge in [-0.05, 0) is 54.0 Å². The van der Waals surface area contributed by atoms with Crippen molar-refractivity contribution in [3.05, 3.63) is 53.8 Å². The lowest BCUT2D eigenvalue weighted by molar-refractivity contribution is 0.290. The summed E-state index contributed by atoms with van der Waals surface area (Å²) in [5.74, 6) is 1.03. The van der Waals surface area contributed by atoms with Crippen LogP contribution in [0.25, 0.3) is 11.1 Å². The first-order chi connectivity index (χ1) is 16.8. The predicted octanol–water partition coefficient (Wildman–Crippen LogP) is 10.3. The third-order valence-corrected chi connectivity index (χ3v) is 7.54. The number of hydrogen-bond donors (Lipinski definition) is 0. The van der Waals surface area contributed by atoms with E-state index in [1.54, 1.807) is 12.1 Å². The minimum absolute atomic E-state index is 0.258. The number of hydrogen-bond acceptors (Lipinski definition) is 1. The number of ether oxygens (including phenoxy) is 1. The number of rotatable bonds is 16. The summed E-state index contributed by atoms with van der Waals surface area (Å²) in [6.07, 6.45) is 22.5. The van der Waals surface area contributed by atoms with E-state index in [4.69, 9.17) is 4.74 Å². The van der Waals surface area contributed by atoms with Crippen LogP contribution in [0.3, 0.4) is 0 Å². The molecule has 1 aliphatic rings. The van der Waals surface area contributed by atoms with E-state index in [1.807, 2.05) is 6.07 Å². The van der Waals surface area contributed by atoms with Crippen molar-refractivity contribution in [2.45, 2.75) is 116 Å². The highest BCUT2D eigenvalue weighted by Crippen LogP contribution is 2.29.